The van der Waals surface area contributed by atoms with Crippen LogP contribution in [0.5, 0.6) is 0 Å². The predicted octanol–water partition coefficient (Wildman–Crippen LogP) is 1.32. The normalized spacial score (nSPS) is 12.3. The van der Waals surface area contributed by atoms with Crippen molar-refractivity contribution in [2.45, 2.75) is 5.92 Å². The Bertz CT molecular complexity index is 409. The highest BCUT2D eigenvalue weighted by Crippen LogP contribution is 2.24. The summed E-state index contributed by atoms with van der Waals surface area (Å²) in [5.74, 6) is -5.94. The van der Waals surface area contributed by atoms with Gasteiger partial charge >= 0.3 is 5.97 Å². The molecule has 1 atom stereocenters. The van der Waals surface area contributed by atoms with E-state index < -0.39 is 34.9 Å². The number of ether oxygens (including phenoxy) is 1. The summed E-state index contributed by atoms with van der Waals surface area (Å²) in [5, 5.41) is 0. The molecule has 0 bridgehead atoms. The summed E-state index contributed by atoms with van der Waals surface area (Å²) in [6, 6.07) is 1.37. The molecule has 0 fully saturated rings. The van der Waals surface area contributed by atoms with E-state index in [-0.39, 0.29) is 6.54 Å². The summed E-state index contributed by atoms with van der Waals surface area (Å²) in [7, 11) is 1.06. The molecule has 1 unspecified atom stereocenters. The van der Waals surface area contributed by atoms with Crippen LogP contribution in [-0.4, -0.2) is 19.6 Å². The van der Waals surface area contributed by atoms with Crippen molar-refractivity contribution in [1.82, 2.24) is 0 Å². The Morgan fingerprint density at radius 3 is 2.44 bits per heavy atom. The number of nitrogens with two attached hydrogens (primary N) is 1. The molecule has 0 aliphatic rings. The van der Waals surface area contributed by atoms with Gasteiger partial charge in [-0.25, -0.2) is 13.2 Å². The van der Waals surface area contributed by atoms with Crippen molar-refractivity contribution in [2.75, 3.05) is 13.7 Å². The third-order valence-corrected chi connectivity index (χ3v) is 2.15. The van der Waals surface area contributed by atoms with Crippen LogP contribution in [0.2, 0.25) is 0 Å². The predicted molar refractivity (Wildman–Crippen MR) is 50.1 cm³/mol. The molecule has 0 spiro atoms. The highest BCUT2D eigenvalue weighted by atomic mass is 19.2. The van der Waals surface area contributed by atoms with E-state index >= 15 is 0 Å². The summed E-state index contributed by atoms with van der Waals surface area (Å²) in [6.45, 7) is -0.371. The van der Waals surface area contributed by atoms with Gasteiger partial charge in [-0.2, -0.15) is 0 Å². The van der Waals surface area contributed by atoms with Crippen molar-refractivity contribution in [3.63, 3.8) is 0 Å². The zero-order chi connectivity index (χ0) is 12.3. The minimum absolute atomic E-state index is 0.371. The SMILES string of the molecule is COC(=O)C(CN)c1c(F)ccc(F)c1F. The van der Waals surface area contributed by atoms with Gasteiger partial charge in [0.1, 0.15) is 5.82 Å². The second-order valence-electron chi connectivity index (χ2n) is 3.07. The molecule has 2 N–H and O–H groups in total. The number of rotatable bonds is 3. The van der Waals surface area contributed by atoms with Crippen molar-refractivity contribution >= 4 is 5.97 Å². The lowest BCUT2D eigenvalue weighted by Crippen LogP contribution is -2.25. The van der Waals surface area contributed by atoms with Gasteiger partial charge in [0, 0.05) is 12.1 Å². The fraction of sp³-hybridized carbons (Fsp3) is 0.300. The van der Waals surface area contributed by atoms with E-state index in [9.17, 15) is 18.0 Å². The van der Waals surface area contributed by atoms with E-state index in [1.165, 1.54) is 0 Å². The molecule has 1 aromatic carbocycles. The highest BCUT2D eigenvalue weighted by molar-refractivity contribution is 5.78. The summed E-state index contributed by atoms with van der Waals surface area (Å²) in [4.78, 5) is 11.2. The van der Waals surface area contributed by atoms with Gasteiger partial charge in [-0.15, -0.1) is 0 Å². The Morgan fingerprint density at radius 1 is 1.38 bits per heavy atom. The van der Waals surface area contributed by atoms with Gasteiger partial charge < -0.3 is 10.5 Å². The van der Waals surface area contributed by atoms with Crippen molar-refractivity contribution < 1.29 is 22.7 Å². The lowest BCUT2D eigenvalue weighted by Gasteiger charge is -2.14. The van der Waals surface area contributed by atoms with Gasteiger partial charge in [0.05, 0.1) is 13.0 Å². The number of methoxy groups -OCH3 is 1. The second kappa shape index (κ2) is 4.98. The average molecular weight is 233 g/mol. The van der Waals surface area contributed by atoms with Crippen LogP contribution >= 0.6 is 0 Å². The van der Waals surface area contributed by atoms with Crippen LogP contribution in [0.4, 0.5) is 13.2 Å². The summed E-state index contributed by atoms with van der Waals surface area (Å²) < 4.78 is 43.8. The fourth-order valence-electron chi connectivity index (χ4n) is 1.34. The summed E-state index contributed by atoms with van der Waals surface area (Å²) in [6.07, 6.45) is 0. The minimum atomic E-state index is -1.42. The molecule has 0 aliphatic carbocycles. The molecule has 0 heterocycles. The average Bonchev–Trinajstić information content (AvgIpc) is 2.28. The Balaban J connectivity index is 3.29. The number of hydrogen-bond donors (Lipinski definition) is 1. The maximum Gasteiger partial charge on any atom is 0.314 e. The summed E-state index contributed by atoms with van der Waals surface area (Å²) in [5.41, 5.74) is 4.51. The van der Waals surface area contributed by atoms with E-state index in [0.717, 1.165) is 13.2 Å². The van der Waals surface area contributed by atoms with E-state index in [0.29, 0.717) is 6.07 Å². The monoisotopic (exact) mass is 233 g/mol. The molecular formula is C10H10F3NO2. The number of hydrogen-bond acceptors (Lipinski definition) is 3. The van der Waals surface area contributed by atoms with Crippen molar-refractivity contribution in [3.05, 3.63) is 35.1 Å². The molecule has 3 nitrogen and oxygen atoms in total. The maximum absolute atomic E-state index is 13.3. The minimum Gasteiger partial charge on any atom is -0.469 e. The molecule has 88 valence electrons. The van der Waals surface area contributed by atoms with Crippen LogP contribution in [0, 0.1) is 17.5 Å². The van der Waals surface area contributed by atoms with Gasteiger partial charge in [0.2, 0.25) is 0 Å². The van der Waals surface area contributed by atoms with Crippen LogP contribution in [0.1, 0.15) is 11.5 Å². The number of esters is 1. The topological polar surface area (TPSA) is 52.3 Å². The zero-order valence-corrected chi connectivity index (χ0v) is 8.47. The van der Waals surface area contributed by atoms with Crippen LogP contribution < -0.4 is 5.73 Å². The van der Waals surface area contributed by atoms with Crippen molar-refractivity contribution in [3.8, 4) is 0 Å². The molecule has 6 heteroatoms. The molecule has 0 saturated carbocycles. The molecular weight excluding hydrogens is 223 g/mol. The van der Waals surface area contributed by atoms with Crippen molar-refractivity contribution in [2.24, 2.45) is 5.73 Å². The first-order valence-electron chi connectivity index (χ1n) is 4.44. The molecule has 0 aromatic heterocycles. The zero-order valence-electron chi connectivity index (χ0n) is 8.47. The first-order valence-corrected chi connectivity index (χ1v) is 4.44. The number of halogens is 3. The molecule has 0 amide bonds. The smallest absolute Gasteiger partial charge is 0.314 e. The van der Waals surface area contributed by atoms with E-state index in [1.807, 2.05) is 0 Å². The van der Waals surface area contributed by atoms with Crippen LogP contribution in [0.15, 0.2) is 12.1 Å². The Hall–Kier alpha value is -1.56. The van der Waals surface area contributed by atoms with Gasteiger partial charge in [0.15, 0.2) is 11.6 Å². The lowest BCUT2D eigenvalue weighted by atomic mass is 9.98. The maximum atomic E-state index is 13.3. The van der Waals surface area contributed by atoms with E-state index in [2.05, 4.69) is 4.74 Å². The molecule has 0 saturated heterocycles. The first-order chi connectivity index (χ1) is 7.52. The van der Waals surface area contributed by atoms with Crippen LogP contribution in [0.25, 0.3) is 0 Å². The second-order valence-corrected chi connectivity index (χ2v) is 3.07. The molecule has 1 aromatic rings. The molecule has 1 rings (SSSR count). The Kier molecular flexibility index (Phi) is 3.89. The third-order valence-electron chi connectivity index (χ3n) is 2.15. The first kappa shape index (κ1) is 12.5. The highest BCUT2D eigenvalue weighted by Gasteiger charge is 2.28. The van der Waals surface area contributed by atoms with Gasteiger partial charge in [-0.05, 0) is 12.1 Å². The summed E-state index contributed by atoms with van der Waals surface area (Å²) >= 11 is 0. The van der Waals surface area contributed by atoms with Crippen LogP contribution in [-0.2, 0) is 9.53 Å². The lowest BCUT2D eigenvalue weighted by molar-refractivity contribution is -0.142. The quantitative estimate of drug-likeness (QED) is 0.632. The van der Waals surface area contributed by atoms with E-state index in [1.54, 1.807) is 0 Å². The van der Waals surface area contributed by atoms with Gasteiger partial charge in [-0.1, -0.05) is 0 Å². The number of carbonyl (C=O) groups is 1. The van der Waals surface area contributed by atoms with Crippen LogP contribution in [0.3, 0.4) is 0 Å². The third kappa shape index (κ3) is 2.16. The Labute approximate surface area is 90.0 Å². The van der Waals surface area contributed by atoms with Crippen molar-refractivity contribution in [1.29, 1.82) is 0 Å². The molecule has 16 heavy (non-hydrogen) atoms. The Morgan fingerprint density at radius 2 is 1.94 bits per heavy atom. The number of benzene rings is 1. The largest absolute Gasteiger partial charge is 0.469 e. The number of carbonyl (C=O) groups excluding carboxylic acids is 1. The standard InChI is InChI=1S/C10H10F3NO2/c1-16-10(15)5(4-14)8-6(11)2-3-7(12)9(8)13/h2-3,5H,4,14H2,1H3. The fourth-order valence-corrected chi connectivity index (χ4v) is 1.34. The van der Waals surface area contributed by atoms with Gasteiger partial charge in [-0.3, -0.25) is 4.79 Å². The molecule has 0 aliphatic heterocycles. The van der Waals surface area contributed by atoms with E-state index in [4.69, 9.17) is 5.73 Å². The van der Waals surface area contributed by atoms with Gasteiger partial charge in [0.25, 0.3) is 0 Å². The molecule has 0 radical (unpaired) electrons.